The van der Waals surface area contributed by atoms with E-state index in [2.05, 4.69) is 12.5 Å². The third-order valence-corrected chi connectivity index (χ3v) is 2.97. The molecule has 0 spiro atoms. The van der Waals surface area contributed by atoms with Crippen LogP contribution in [0.1, 0.15) is 12.5 Å². The van der Waals surface area contributed by atoms with Crippen LogP contribution in [0.3, 0.4) is 0 Å². The molecule has 0 fully saturated rings. The number of allylic oxidation sites excluding steroid dienone is 3. The topological polar surface area (TPSA) is 3.24 Å². The standard InChI is InChI=1S/C16H13F2N/c1-4-12-6-7-16(19(5-2)11(12)3)13-8-14(17)10-15(18)9-13/h1,6-10H,3,5H2,2H3. The summed E-state index contributed by atoms with van der Waals surface area (Å²) in [6.45, 7) is 6.46. The van der Waals surface area contributed by atoms with Crippen molar-refractivity contribution in [1.29, 1.82) is 0 Å². The van der Waals surface area contributed by atoms with Crippen LogP contribution in [-0.2, 0) is 0 Å². The van der Waals surface area contributed by atoms with Crippen molar-refractivity contribution in [1.82, 2.24) is 4.90 Å². The van der Waals surface area contributed by atoms with Gasteiger partial charge in [0.15, 0.2) is 0 Å². The number of terminal acetylenes is 1. The Bertz CT molecular complexity index is 612. The number of nitrogens with zero attached hydrogens (tertiary/aromatic N) is 1. The van der Waals surface area contributed by atoms with Crippen molar-refractivity contribution in [3.63, 3.8) is 0 Å². The molecule has 1 aromatic carbocycles. The van der Waals surface area contributed by atoms with Crippen LogP contribution in [0.4, 0.5) is 8.78 Å². The molecule has 0 saturated heterocycles. The summed E-state index contributed by atoms with van der Waals surface area (Å²) in [5, 5.41) is 0. The maximum atomic E-state index is 13.3. The van der Waals surface area contributed by atoms with Gasteiger partial charge in [-0.05, 0) is 31.2 Å². The van der Waals surface area contributed by atoms with Gasteiger partial charge in [0.2, 0.25) is 0 Å². The fourth-order valence-corrected chi connectivity index (χ4v) is 2.09. The van der Waals surface area contributed by atoms with Gasteiger partial charge in [0, 0.05) is 35.1 Å². The smallest absolute Gasteiger partial charge is 0.126 e. The van der Waals surface area contributed by atoms with E-state index in [1.165, 1.54) is 12.1 Å². The van der Waals surface area contributed by atoms with Crippen molar-refractivity contribution in [2.45, 2.75) is 6.92 Å². The van der Waals surface area contributed by atoms with Crippen LogP contribution in [0.25, 0.3) is 5.70 Å². The van der Waals surface area contributed by atoms with Gasteiger partial charge < -0.3 is 4.90 Å². The molecule has 1 heterocycles. The summed E-state index contributed by atoms with van der Waals surface area (Å²) in [7, 11) is 0. The van der Waals surface area contributed by atoms with Gasteiger partial charge in [-0.25, -0.2) is 8.78 Å². The molecule has 0 N–H and O–H groups in total. The maximum absolute atomic E-state index is 13.3. The lowest BCUT2D eigenvalue weighted by atomic mass is 10.0. The predicted molar refractivity (Wildman–Crippen MR) is 72.8 cm³/mol. The summed E-state index contributed by atoms with van der Waals surface area (Å²) < 4.78 is 26.6. The molecule has 3 heteroatoms. The first kappa shape index (κ1) is 13.1. The zero-order valence-electron chi connectivity index (χ0n) is 10.6. The van der Waals surface area contributed by atoms with E-state index in [0.717, 1.165) is 6.07 Å². The average molecular weight is 257 g/mol. The first-order valence-electron chi connectivity index (χ1n) is 5.88. The highest BCUT2D eigenvalue weighted by atomic mass is 19.1. The molecule has 0 unspecified atom stereocenters. The van der Waals surface area contributed by atoms with Crippen LogP contribution >= 0.6 is 0 Å². The normalized spacial score (nSPS) is 14.8. The van der Waals surface area contributed by atoms with E-state index in [4.69, 9.17) is 6.42 Å². The molecule has 0 atom stereocenters. The van der Waals surface area contributed by atoms with Crippen molar-refractivity contribution in [2.24, 2.45) is 0 Å². The fourth-order valence-electron chi connectivity index (χ4n) is 2.09. The monoisotopic (exact) mass is 257 g/mol. The Morgan fingerprint density at radius 1 is 1.21 bits per heavy atom. The number of halogens is 2. The zero-order valence-corrected chi connectivity index (χ0v) is 10.6. The summed E-state index contributed by atoms with van der Waals surface area (Å²) in [4.78, 5) is 1.84. The van der Waals surface area contributed by atoms with Crippen LogP contribution in [0.5, 0.6) is 0 Å². The van der Waals surface area contributed by atoms with Crippen LogP contribution in [0.2, 0.25) is 0 Å². The maximum Gasteiger partial charge on any atom is 0.126 e. The summed E-state index contributed by atoms with van der Waals surface area (Å²) in [5.74, 6) is 1.33. The third kappa shape index (κ3) is 2.43. The SMILES string of the molecule is C#CC1=CC=C(c2cc(F)cc(F)c2)N(CC)C1=C. The van der Waals surface area contributed by atoms with E-state index in [0.29, 0.717) is 29.1 Å². The summed E-state index contributed by atoms with van der Waals surface area (Å²) in [6, 6.07) is 3.43. The largest absolute Gasteiger partial charge is 0.341 e. The lowest BCUT2D eigenvalue weighted by molar-refractivity contribution is 0.522. The Morgan fingerprint density at radius 3 is 2.37 bits per heavy atom. The highest BCUT2D eigenvalue weighted by Crippen LogP contribution is 2.30. The molecule has 1 aliphatic rings. The molecule has 1 aliphatic heterocycles. The Hall–Kier alpha value is -2.34. The zero-order chi connectivity index (χ0) is 14.0. The quantitative estimate of drug-likeness (QED) is 0.730. The minimum absolute atomic E-state index is 0.466. The Labute approximate surface area is 111 Å². The summed E-state index contributed by atoms with van der Waals surface area (Å²) >= 11 is 0. The summed E-state index contributed by atoms with van der Waals surface area (Å²) in [5.41, 5.74) is 2.48. The molecule has 19 heavy (non-hydrogen) atoms. The molecule has 96 valence electrons. The average Bonchev–Trinajstić information content (AvgIpc) is 2.37. The van der Waals surface area contributed by atoms with Crippen LogP contribution in [-0.4, -0.2) is 11.4 Å². The lowest BCUT2D eigenvalue weighted by Gasteiger charge is -2.30. The van der Waals surface area contributed by atoms with Crippen molar-refractivity contribution < 1.29 is 8.78 Å². The van der Waals surface area contributed by atoms with Gasteiger partial charge in [0.1, 0.15) is 11.6 Å². The van der Waals surface area contributed by atoms with E-state index < -0.39 is 11.6 Å². The van der Waals surface area contributed by atoms with E-state index in [1.54, 1.807) is 12.2 Å². The summed E-state index contributed by atoms with van der Waals surface area (Å²) in [6.07, 6.45) is 8.87. The fraction of sp³-hybridized carbons (Fsp3) is 0.125. The molecule has 0 aliphatic carbocycles. The molecule has 1 nitrogen and oxygen atoms in total. The number of hydrogen-bond donors (Lipinski definition) is 0. The molecule has 0 amide bonds. The Balaban J connectivity index is 2.54. The van der Waals surface area contributed by atoms with Gasteiger partial charge in [-0.15, -0.1) is 6.42 Å². The first-order valence-corrected chi connectivity index (χ1v) is 5.88. The van der Waals surface area contributed by atoms with Gasteiger partial charge >= 0.3 is 0 Å². The van der Waals surface area contributed by atoms with Crippen LogP contribution in [0, 0.1) is 24.0 Å². The lowest BCUT2D eigenvalue weighted by Crippen LogP contribution is -2.23. The van der Waals surface area contributed by atoms with Gasteiger partial charge in [-0.2, -0.15) is 0 Å². The van der Waals surface area contributed by atoms with Crippen molar-refractivity contribution >= 4 is 5.70 Å². The van der Waals surface area contributed by atoms with E-state index in [9.17, 15) is 8.78 Å². The number of rotatable bonds is 2. The van der Waals surface area contributed by atoms with E-state index in [-0.39, 0.29) is 0 Å². The van der Waals surface area contributed by atoms with Gasteiger partial charge in [-0.3, -0.25) is 0 Å². The minimum atomic E-state index is -0.607. The molecule has 0 aromatic heterocycles. The van der Waals surface area contributed by atoms with E-state index in [1.807, 2.05) is 11.8 Å². The number of benzene rings is 1. The second-order valence-electron chi connectivity index (χ2n) is 4.13. The second-order valence-corrected chi connectivity index (χ2v) is 4.13. The molecular weight excluding hydrogens is 244 g/mol. The number of hydrogen-bond acceptors (Lipinski definition) is 1. The molecule has 0 saturated carbocycles. The Morgan fingerprint density at radius 2 is 1.84 bits per heavy atom. The highest BCUT2D eigenvalue weighted by Gasteiger charge is 2.19. The molecular formula is C16H13F2N. The van der Waals surface area contributed by atoms with Gasteiger partial charge in [0.05, 0.1) is 0 Å². The first-order chi connectivity index (χ1) is 9.06. The molecule has 0 bridgehead atoms. The van der Waals surface area contributed by atoms with Crippen molar-refractivity contribution in [3.05, 3.63) is 65.4 Å². The van der Waals surface area contributed by atoms with Gasteiger partial charge in [-0.1, -0.05) is 12.5 Å². The van der Waals surface area contributed by atoms with Crippen LogP contribution < -0.4 is 0 Å². The molecule has 2 rings (SSSR count). The van der Waals surface area contributed by atoms with Crippen molar-refractivity contribution in [2.75, 3.05) is 6.54 Å². The second kappa shape index (κ2) is 5.11. The predicted octanol–water partition coefficient (Wildman–Crippen LogP) is 3.71. The number of likely N-dealkylation sites (N-methyl/N-ethyl adjacent to an activating group) is 1. The third-order valence-electron chi connectivity index (χ3n) is 2.97. The van der Waals surface area contributed by atoms with E-state index >= 15 is 0 Å². The van der Waals surface area contributed by atoms with Crippen LogP contribution in [0.15, 0.2) is 48.2 Å². The molecule has 0 radical (unpaired) electrons. The Kier molecular flexibility index (Phi) is 3.52. The molecule has 1 aromatic rings. The minimum Gasteiger partial charge on any atom is -0.341 e. The highest BCUT2D eigenvalue weighted by molar-refractivity contribution is 5.72. The van der Waals surface area contributed by atoms with Crippen molar-refractivity contribution in [3.8, 4) is 12.3 Å². The van der Waals surface area contributed by atoms with Gasteiger partial charge in [0.25, 0.3) is 0 Å².